The molecule has 1 aliphatic carbocycles. The van der Waals surface area contributed by atoms with E-state index in [-0.39, 0.29) is 24.6 Å². The molecule has 2 amide bonds. The average molecular weight is 293 g/mol. The van der Waals surface area contributed by atoms with Gasteiger partial charge in [0.05, 0.1) is 30.1 Å². The highest BCUT2D eigenvalue weighted by Crippen LogP contribution is 2.18. The van der Waals surface area contributed by atoms with Crippen molar-refractivity contribution in [1.82, 2.24) is 10.3 Å². The number of nitrogens with one attached hydrogen (secondary N) is 2. The zero-order valence-corrected chi connectivity index (χ0v) is 11.6. The van der Waals surface area contributed by atoms with Crippen LogP contribution in [0.25, 0.3) is 0 Å². The van der Waals surface area contributed by atoms with Gasteiger partial charge in [-0.15, -0.1) is 0 Å². The molecule has 0 atom stereocenters. The molecule has 7 nitrogen and oxygen atoms in total. The zero-order chi connectivity index (χ0) is 15.2. The predicted molar refractivity (Wildman–Crippen MR) is 76.0 cm³/mol. The number of aliphatic hydroxyl groups excluding tert-OH is 1. The molecule has 4 N–H and O–H groups in total. The second-order valence-electron chi connectivity index (χ2n) is 5.21. The Morgan fingerprint density at radius 2 is 1.95 bits per heavy atom. The molecule has 0 aromatic carbocycles. The molecule has 1 saturated carbocycles. The molecule has 0 unspecified atom stereocenters. The molecule has 0 spiro atoms. The smallest absolute Gasteiger partial charge is 0.319 e. The van der Waals surface area contributed by atoms with Crippen LogP contribution in [0.4, 0.5) is 10.5 Å². The maximum absolute atomic E-state index is 11.8. The maximum Gasteiger partial charge on any atom is 0.319 e. The van der Waals surface area contributed by atoms with Crippen LogP contribution < -0.4 is 10.6 Å². The molecule has 114 valence electrons. The molecule has 0 bridgehead atoms. The number of carboxylic acids is 1. The minimum atomic E-state index is -0.944. The monoisotopic (exact) mass is 293 g/mol. The summed E-state index contributed by atoms with van der Waals surface area (Å²) >= 11 is 0. The number of amides is 2. The number of pyridine rings is 1. The Labute approximate surface area is 122 Å². The highest BCUT2D eigenvalue weighted by atomic mass is 16.4. The average Bonchev–Trinajstić information content (AvgIpc) is 2.43. The summed E-state index contributed by atoms with van der Waals surface area (Å²) < 4.78 is 0. The summed E-state index contributed by atoms with van der Waals surface area (Å²) in [5.41, 5.74) is 0.951. The third-order valence-electron chi connectivity index (χ3n) is 3.45. The first kappa shape index (κ1) is 15.2. The van der Waals surface area contributed by atoms with Gasteiger partial charge >= 0.3 is 12.0 Å². The van der Waals surface area contributed by atoms with Crippen LogP contribution >= 0.6 is 0 Å². The Morgan fingerprint density at radius 1 is 1.24 bits per heavy atom. The summed E-state index contributed by atoms with van der Waals surface area (Å²) in [5, 5.41) is 23.6. The first-order valence-corrected chi connectivity index (χ1v) is 6.95. The van der Waals surface area contributed by atoms with E-state index in [1.165, 1.54) is 6.20 Å². The fraction of sp³-hybridized carbons (Fsp3) is 0.500. The molecule has 0 saturated heterocycles. The van der Waals surface area contributed by atoms with E-state index in [0.29, 0.717) is 24.2 Å². The molecule has 2 rings (SSSR count). The van der Waals surface area contributed by atoms with Gasteiger partial charge in [0, 0.05) is 6.04 Å². The molecule has 7 heteroatoms. The SMILES string of the molecule is O=C(O)Cc1ccc(NC(=O)NC2CCC(O)CC2)cn1. The van der Waals surface area contributed by atoms with E-state index in [4.69, 9.17) is 5.11 Å². The molecule has 1 aromatic rings. The van der Waals surface area contributed by atoms with Gasteiger partial charge in [0.1, 0.15) is 0 Å². The lowest BCUT2D eigenvalue weighted by molar-refractivity contribution is -0.136. The molecule has 0 radical (unpaired) electrons. The lowest BCUT2D eigenvalue weighted by Gasteiger charge is -2.26. The van der Waals surface area contributed by atoms with Gasteiger partial charge in [0.25, 0.3) is 0 Å². The summed E-state index contributed by atoms with van der Waals surface area (Å²) in [5.74, 6) is -0.944. The number of carboxylic acid groups (broad SMARTS) is 1. The summed E-state index contributed by atoms with van der Waals surface area (Å²) in [6.07, 6.45) is 3.98. The van der Waals surface area contributed by atoms with Crippen LogP contribution in [-0.4, -0.2) is 39.3 Å². The van der Waals surface area contributed by atoms with Gasteiger partial charge in [-0.3, -0.25) is 9.78 Å². The summed E-state index contributed by atoms with van der Waals surface area (Å²) in [6.45, 7) is 0. The van der Waals surface area contributed by atoms with Gasteiger partial charge in [0.15, 0.2) is 0 Å². The zero-order valence-electron chi connectivity index (χ0n) is 11.6. The number of aliphatic carboxylic acids is 1. The van der Waals surface area contributed by atoms with Crippen LogP contribution in [0.1, 0.15) is 31.4 Å². The van der Waals surface area contributed by atoms with E-state index in [2.05, 4.69) is 15.6 Å². The Kier molecular flexibility index (Phi) is 5.10. The van der Waals surface area contributed by atoms with Crippen LogP contribution in [0.3, 0.4) is 0 Å². The van der Waals surface area contributed by atoms with E-state index in [0.717, 1.165) is 12.8 Å². The fourth-order valence-corrected chi connectivity index (χ4v) is 2.33. The van der Waals surface area contributed by atoms with Crippen molar-refractivity contribution in [2.45, 2.75) is 44.2 Å². The van der Waals surface area contributed by atoms with Crippen molar-refractivity contribution < 1.29 is 19.8 Å². The third-order valence-corrected chi connectivity index (χ3v) is 3.45. The highest BCUT2D eigenvalue weighted by molar-refractivity contribution is 5.89. The number of carbonyl (C=O) groups excluding carboxylic acids is 1. The number of hydrogen-bond acceptors (Lipinski definition) is 4. The normalized spacial score (nSPS) is 21.6. The predicted octanol–water partition coefficient (Wildman–Crippen LogP) is 1.13. The van der Waals surface area contributed by atoms with Crippen molar-refractivity contribution in [2.24, 2.45) is 0 Å². The maximum atomic E-state index is 11.8. The molecule has 1 aliphatic rings. The molecular weight excluding hydrogens is 274 g/mol. The molecule has 1 fully saturated rings. The largest absolute Gasteiger partial charge is 0.481 e. The van der Waals surface area contributed by atoms with Crippen LogP contribution in [0.5, 0.6) is 0 Å². The van der Waals surface area contributed by atoms with E-state index in [9.17, 15) is 14.7 Å². The number of aliphatic hydroxyl groups is 1. The van der Waals surface area contributed by atoms with Gasteiger partial charge in [-0.1, -0.05) is 0 Å². The second kappa shape index (κ2) is 7.03. The number of nitrogens with zero attached hydrogens (tertiary/aromatic N) is 1. The number of hydrogen-bond donors (Lipinski definition) is 4. The van der Waals surface area contributed by atoms with Crippen LogP contribution in [0.15, 0.2) is 18.3 Å². The van der Waals surface area contributed by atoms with Crippen molar-refractivity contribution in [3.05, 3.63) is 24.0 Å². The van der Waals surface area contributed by atoms with E-state index in [1.54, 1.807) is 12.1 Å². The first-order chi connectivity index (χ1) is 10.0. The van der Waals surface area contributed by atoms with Crippen molar-refractivity contribution in [3.63, 3.8) is 0 Å². The Bertz CT molecular complexity index is 495. The second-order valence-corrected chi connectivity index (χ2v) is 5.21. The van der Waals surface area contributed by atoms with Crippen LogP contribution in [0.2, 0.25) is 0 Å². The highest BCUT2D eigenvalue weighted by Gasteiger charge is 2.20. The first-order valence-electron chi connectivity index (χ1n) is 6.95. The summed E-state index contributed by atoms with van der Waals surface area (Å²) in [7, 11) is 0. The van der Waals surface area contributed by atoms with Crippen molar-refractivity contribution in [2.75, 3.05) is 5.32 Å². The topological polar surface area (TPSA) is 112 Å². The minimum Gasteiger partial charge on any atom is -0.481 e. The van der Waals surface area contributed by atoms with Crippen molar-refractivity contribution in [1.29, 1.82) is 0 Å². The minimum absolute atomic E-state index is 0.0765. The Balaban J connectivity index is 1.80. The van der Waals surface area contributed by atoms with E-state index >= 15 is 0 Å². The number of carbonyl (C=O) groups is 2. The third kappa shape index (κ3) is 5.03. The van der Waals surface area contributed by atoms with Crippen molar-refractivity contribution >= 4 is 17.7 Å². The number of aromatic nitrogens is 1. The van der Waals surface area contributed by atoms with Crippen LogP contribution in [0, 0.1) is 0 Å². The molecule has 1 heterocycles. The number of urea groups is 1. The van der Waals surface area contributed by atoms with Crippen molar-refractivity contribution in [3.8, 4) is 0 Å². The number of rotatable bonds is 4. The molecule has 1 aromatic heterocycles. The lowest BCUT2D eigenvalue weighted by Crippen LogP contribution is -2.40. The summed E-state index contributed by atoms with van der Waals surface area (Å²) in [6, 6.07) is 2.95. The van der Waals surface area contributed by atoms with Gasteiger partial charge in [-0.05, 0) is 37.8 Å². The van der Waals surface area contributed by atoms with E-state index < -0.39 is 5.97 Å². The summed E-state index contributed by atoms with van der Waals surface area (Å²) in [4.78, 5) is 26.3. The quantitative estimate of drug-likeness (QED) is 0.665. The van der Waals surface area contributed by atoms with Gasteiger partial charge in [0.2, 0.25) is 0 Å². The van der Waals surface area contributed by atoms with Gasteiger partial charge < -0.3 is 20.8 Å². The molecular formula is C14H19N3O4. The van der Waals surface area contributed by atoms with Crippen LogP contribution in [-0.2, 0) is 11.2 Å². The van der Waals surface area contributed by atoms with Gasteiger partial charge in [-0.25, -0.2) is 4.79 Å². The van der Waals surface area contributed by atoms with E-state index in [1.807, 2.05) is 0 Å². The molecule has 0 aliphatic heterocycles. The molecule has 21 heavy (non-hydrogen) atoms. The standard InChI is InChI=1S/C14H19N3O4/c18-12-5-3-9(4-6-12)16-14(21)17-11-2-1-10(15-8-11)7-13(19)20/h1-2,8-9,12,18H,3-7H2,(H,19,20)(H2,16,17,21). The fourth-order valence-electron chi connectivity index (χ4n) is 2.33. The van der Waals surface area contributed by atoms with Gasteiger partial charge in [-0.2, -0.15) is 0 Å². The lowest BCUT2D eigenvalue weighted by atomic mass is 9.93. The number of anilines is 1. The Hall–Kier alpha value is -2.15. The Morgan fingerprint density at radius 3 is 2.52 bits per heavy atom.